The summed E-state index contributed by atoms with van der Waals surface area (Å²) in [6.07, 6.45) is 6.23. The van der Waals surface area contributed by atoms with Crippen LogP contribution in [0.2, 0.25) is 0 Å². The molecular formula is C15H17N3OS. The molecule has 3 N–H and O–H groups in total. The lowest BCUT2D eigenvalue weighted by Gasteiger charge is -2.08. The Morgan fingerprint density at radius 2 is 2.15 bits per heavy atom. The third-order valence-electron chi connectivity index (χ3n) is 3.61. The molecule has 2 aromatic heterocycles. The number of rotatable bonds is 2. The molecule has 1 aliphatic carbocycles. The van der Waals surface area contributed by atoms with Crippen LogP contribution in [0.4, 0.5) is 11.5 Å². The number of carbonyl (C=O) groups is 1. The van der Waals surface area contributed by atoms with Gasteiger partial charge < -0.3 is 11.1 Å². The third-order valence-corrected chi connectivity index (χ3v) is 4.85. The van der Waals surface area contributed by atoms with Crippen molar-refractivity contribution < 1.29 is 4.79 Å². The van der Waals surface area contributed by atoms with Crippen LogP contribution in [-0.4, -0.2) is 10.9 Å². The highest BCUT2D eigenvalue weighted by Crippen LogP contribution is 2.30. The molecule has 0 aliphatic heterocycles. The largest absolute Gasteiger partial charge is 0.397 e. The van der Waals surface area contributed by atoms with Gasteiger partial charge in [0.2, 0.25) is 0 Å². The standard InChI is InChI=1S/C15H17N3OS/c1-9-6-14(17-8-11(9)16)18-15(19)13-7-10-4-2-3-5-12(10)20-13/h6-8H,2-5,16H2,1H3,(H,17,18,19). The fourth-order valence-electron chi connectivity index (χ4n) is 2.42. The average molecular weight is 287 g/mol. The van der Waals surface area contributed by atoms with Gasteiger partial charge in [-0.05, 0) is 55.9 Å². The van der Waals surface area contributed by atoms with E-state index in [0.717, 1.165) is 23.3 Å². The Morgan fingerprint density at radius 1 is 1.35 bits per heavy atom. The van der Waals surface area contributed by atoms with Crippen LogP contribution < -0.4 is 11.1 Å². The molecule has 0 saturated carbocycles. The molecule has 0 saturated heterocycles. The number of anilines is 2. The summed E-state index contributed by atoms with van der Waals surface area (Å²) in [4.78, 5) is 18.5. The van der Waals surface area contributed by atoms with Gasteiger partial charge in [0.15, 0.2) is 0 Å². The Morgan fingerprint density at radius 3 is 2.90 bits per heavy atom. The van der Waals surface area contributed by atoms with Gasteiger partial charge in [-0.2, -0.15) is 0 Å². The molecule has 0 unspecified atom stereocenters. The highest BCUT2D eigenvalue weighted by molar-refractivity contribution is 7.14. The van der Waals surface area contributed by atoms with E-state index in [1.54, 1.807) is 23.6 Å². The number of nitrogens with zero attached hydrogens (tertiary/aromatic N) is 1. The molecule has 2 heterocycles. The van der Waals surface area contributed by atoms with E-state index in [2.05, 4.69) is 10.3 Å². The number of nitrogen functional groups attached to an aromatic ring is 1. The summed E-state index contributed by atoms with van der Waals surface area (Å²) in [6.45, 7) is 1.90. The minimum Gasteiger partial charge on any atom is -0.397 e. The quantitative estimate of drug-likeness (QED) is 0.891. The lowest BCUT2D eigenvalue weighted by atomic mass is 9.99. The predicted molar refractivity (Wildman–Crippen MR) is 82.3 cm³/mol. The normalized spacial score (nSPS) is 13.8. The summed E-state index contributed by atoms with van der Waals surface area (Å²) in [5.74, 6) is 0.467. The van der Waals surface area contributed by atoms with Crippen LogP contribution in [-0.2, 0) is 12.8 Å². The van der Waals surface area contributed by atoms with E-state index in [1.165, 1.54) is 23.3 Å². The fourth-order valence-corrected chi connectivity index (χ4v) is 3.56. The van der Waals surface area contributed by atoms with Gasteiger partial charge in [-0.3, -0.25) is 4.79 Å². The van der Waals surface area contributed by atoms with Gasteiger partial charge in [-0.1, -0.05) is 0 Å². The van der Waals surface area contributed by atoms with E-state index >= 15 is 0 Å². The molecule has 0 radical (unpaired) electrons. The van der Waals surface area contributed by atoms with E-state index in [9.17, 15) is 4.79 Å². The number of aryl methyl sites for hydroxylation is 3. The van der Waals surface area contributed by atoms with Crippen molar-refractivity contribution in [3.05, 3.63) is 39.2 Å². The summed E-state index contributed by atoms with van der Waals surface area (Å²) >= 11 is 1.61. The van der Waals surface area contributed by atoms with E-state index < -0.39 is 0 Å². The highest BCUT2D eigenvalue weighted by Gasteiger charge is 2.17. The second-order valence-corrected chi connectivity index (χ2v) is 6.28. The number of carbonyl (C=O) groups excluding carboxylic acids is 1. The summed E-state index contributed by atoms with van der Waals surface area (Å²) in [5, 5.41) is 2.84. The zero-order valence-corrected chi connectivity index (χ0v) is 12.2. The van der Waals surface area contributed by atoms with Crippen LogP contribution in [0.1, 0.15) is 38.5 Å². The first-order chi connectivity index (χ1) is 9.63. The number of aromatic nitrogens is 1. The lowest BCUT2D eigenvalue weighted by molar-refractivity contribution is 0.103. The first-order valence-corrected chi connectivity index (χ1v) is 7.60. The molecule has 0 bridgehead atoms. The molecule has 2 aromatic rings. The maximum atomic E-state index is 12.3. The van der Waals surface area contributed by atoms with Crippen LogP contribution in [0.3, 0.4) is 0 Å². The highest BCUT2D eigenvalue weighted by atomic mass is 32.1. The third kappa shape index (κ3) is 2.54. The van der Waals surface area contributed by atoms with Crippen molar-refractivity contribution in [1.82, 2.24) is 4.98 Å². The van der Waals surface area contributed by atoms with E-state index in [4.69, 9.17) is 5.73 Å². The van der Waals surface area contributed by atoms with E-state index in [0.29, 0.717) is 11.5 Å². The Hall–Kier alpha value is -1.88. The van der Waals surface area contributed by atoms with Crippen molar-refractivity contribution in [2.24, 2.45) is 0 Å². The number of hydrogen-bond acceptors (Lipinski definition) is 4. The smallest absolute Gasteiger partial charge is 0.266 e. The van der Waals surface area contributed by atoms with Crippen LogP contribution in [0, 0.1) is 6.92 Å². The molecule has 1 aliphatic rings. The molecular weight excluding hydrogens is 270 g/mol. The van der Waals surface area contributed by atoms with Gasteiger partial charge in [0, 0.05) is 4.88 Å². The molecule has 0 spiro atoms. The fraction of sp³-hybridized carbons (Fsp3) is 0.333. The van der Waals surface area contributed by atoms with Crippen molar-refractivity contribution in [3.63, 3.8) is 0 Å². The topological polar surface area (TPSA) is 68.0 Å². The first-order valence-electron chi connectivity index (χ1n) is 6.78. The Bertz CT molecular complexity index is 640. The van der Waals surface area contributed by atoms with Gasteiger partial charge >= 0.3 is 0 Å². The minimum atomic E-state index is -0.0823. The molecule has 5 heteroatoms. The van der Waals surface area contributed by atoms with Crippen molar-refractivity contribution in [2.45, 2.75) is 32.6 Å². The monoisotopic (exact) mass is 287 g/mol. The Labute approximate surface area is 122 Å². The summed E-state index contributed by atoms with van der Waals surface area (Å²) in [5.41, 5.74) is 8.62. The van der Waals surface area contributed by atoms with Gasteiger partial charge in [-0.15, -0.1) is 11.3 Å². The number of amides is 1. The summed E-state index contributed by atoms with van der Waals surface area (Å²) < 4.78 is 0. The number of nitrogens with one attached hydrogen (secondary N) is 1. The van der Waals surface area contributed by atoms with Crippen molar-refractivity contribution in [3.8, 4) is 0 Å². The second kappa shape index (κ2) is 5.25. The maximum absolute atomic E-state index is 12.3. The van der Waals surface area contributed by atoms with Gasteiger partial charge in [0.05, 0.1) is 16.8 Å². The second-order valence-electron chi connectivity index (χ2n) is 5.15. The average Bonchev–Trinajstić information content (AvgIpc) is 2.87. The molecule has 4 nitrogen and oxygen atoms in total. The van der Waals surface area contributed by atoms with Crippen LogP contribution in [0.25, 0.3) is 0 Å². The number of fused-ring (bicyclic) bond motifs is 1. The molecule has 104 valence electrons. The minimum absolute atomic E-state index is 0.0823. The molecule has 0 fully saturated rings. The van der Waals surface area contributed by atoms with E-state index in [1.807, 2.05) is 13.0 Å². The summed E-state index contributed by atoms with van der Waals surface area (Å²) in [6, 6.07) is 3.82. The van der Waals surface area contributed by atoms with E-state index in [-0.39, 0.29) is 5.91 Å². The van der Waals surface area contributed by atoms with Crippen LogP contribution in [0.5, 0.6) is 0 Å². The summed E-state index contributed by atoms with van der Waals surface area (Å²) in [7, 11) is 0. The van der Waals surface area contributed by atoms with Crippen molar-refractivity contribution in [1.29, 1.82) is 0 Å². The Kier molecular flexibility index (Phi) is 3.44. The zero-order valence-electron chi connectivity index (χ0n) is 11.4. The van der Waals surface area contributed by atoms with Gasteiger partial charge in [0.25, 0.3) is 5.91 Å². The van der Waals surface area contributed by atoms with Crippen LogP contribution in [0.15, 0.2) is 18.3 Å². The molecule has 1 amide bonds. The lowest BCUT2D eigenvalue weighted by Crippen LogP contribution is -2.11. The van der Waals surface area contributed by atoms with Crippen molar-refractivity contribution in [2.75, 3.05) is 11.1 Å². The number of pyridine rings is 1. The maximum Gasteiger partial charge on any atom is 0.266 e. The van der Waals surface area contributed by atoms with Crippen molar-refractivity contribution >= 4 is 28.7 Å². The van der Waals surface area contributed by atoms with Crippen LogP contribution >= 0.6 is 11.3 Å². The number of thiophene rings is 1. The molecule has 3 rings (SSSR count). The Balaban J connectivity index is 1.78. The predicted octanol–water partition coefficient (Wildman–Crippen LogP) is 3.16. The molecule has 20 heavy (non-hydrogen) atoms. The van der Waals surface area contributed by atoms with Gasteiger partial charge in [-0.25, -0.2) is 4.98 Å². The number of nitrogens with two attached hydrogens (primary N) is 1. The number of hydrogen-bond donors (Lipinski definition) is 2. The zero-order chi connectivity index (χ0) is 14.1. The SMILES string of the molecule is Cc1cc(NC(=O)c2cc3c(s2)CCCC3)ncc1N. The molecule has 0 atom stereocenters. The van der Waals surface area contributed by atoms with Gasteiger partial charge in [0.1, 0.15) is 5.82 Å². The first kappa shape index (κ1) is 13.1. The molecule has 0 aromatic carbocycles.